The van der Waals surface area contributed by atoms with E-state index in [1.807, 2.05) is 0 Å². The monoisotopic (exact) mass is 415 g/mol. The number of amides is 1. The van der Waals surface area contributed by atoms with E-state index in [4.69, 9.17) is 25.5 Å². The van der Waals surface area contributed by atoms with Gasteiger partial charge in [0.15, 0.2) is 6.61 Å². The zero-order valence-corrected chi connectivity index (χ0v) is 17.0. The van der Waals surface area contributed by atoms with Crippen LogP contribution in [0.5, 0.6) is 5.75 Å². The molecule has 3 rings (SSSR count). The summed E-state index contributed by atoms with van der Waals surface area (Å²) < 4.78 is 16.3. The van der Waals surface area contributed by atoms with E-state index in [-0.39, 0.29) is 17.9 Å². The number of aryl methyl sites for hydroxylation is 1. The average molecular weight is 416 g/mol. The maximum absolute atomic E-state index is 13.0. The van der Waals surface area contributed by atoms with Crippen molar-refractivity contribution in [2.75, 3.05) is 26.9 Å². The summed E-state index contributed by atoms with van der Waals surface area (Å²) in [5.41, 5.74) is 1.52. The Balaban J connectivity index is 1.77. The molecule has 7 heteroatoms. The largest absolute Gasteiger partial charge is 0.484 e. The second kappa shape index (κ2) is 9.58. The van der Waals surface area contributed by atoms with Gasteiger partial charge in [0.05, 0.1) is 10.9 Å². The highest BCUT2D eigenvalue weighted by Gasteiger charge is 2.14. The van der Waals surface area contributed by atoms with Gasteiger partial charge in [0.25, 0.3) is 5.91 Å². The molecule has 1 heterocycles. The van der Waals surface area contributed by atoms with E-state index >= 15 is 0 Å². The lowest BCUT2D eigenvalue weighted by Gasteiger charge is -2.10. The maximum Gasteiger partial charge on any atom is 0.257 e. The summed E-state index contributed by atoms with van der Waals surface area (Å²) in [5.74, 6) is 0.723. The molecule has 1 N–H and O–H groups in total. The van der Waals surface area contributed by atoms with Crippen LogP contribution in [0.2, 0.25) is 5.02 Å². The number of nitrogens with one attached hydrogen (secondary N) is 1. The second-order valence-electron chi connectivity index (χ2n) is 6.51. The van der Waals surface area contributed by atoms with Crippen molar-refractivity contribution < 1.29 is 18.7 Å². The third-order valence-electron chi connectivity index (χ3n) is 4.39. The standard InChI is InChI=1S/C22H22ClNO5/c1-14-21(15-4-6-16(23)7-5-15)22(26)18-9-8-17(12-19(18)29-14)28-13-20(25)24-10-3-11-27-2/h4-9,12H,3,10-11,13H2,1-2H3,(H,24,25). The Hall–Kier alpha value is -2.83. The van der Waals surface area contributed by atoms with E-state index in [1.54, 1.807) is 56.5 Å². The Kier molecular flexibility index (Phi) is 6.90. The van der Waals surface area contributed by atoms with E-state index in [9.17, 15) is 9.59 Å². The lowest BCUT2D eigenvalue weighted by atomic mass is 10.0. The SMILES string of the molecule is COCCCNC(=O)COc1ccc2c(=O)c(-c3ccc(Cl)cc3)c(C)oc2c1. The fourth-order valence-corrected chi connectivity index (χ4v) is 3.10. The van der Waals surface area contributed by atoms with Crippen molar-refractivity contribution in [1.29, 1.82) is 0 Å². The van der Waals surface area contributed by atoms with Crippen molar-refractivity contribution in [2.45, 2.75) is 13.3 Å². The first-order chi connectivity index (χ1) is 14.0. The van der Waals surface area contributed by atoms with Crippen LogP contribution < -0.4 is 15.5 Å². The Bertz CT molecular complexity index is 1060. The van der Waals surface area contributed by atoms with Gasteiger partial charge in [-0.15, -0.1) is 0 Å². The predicted molar refractivity (Wildman–Crippen MR) is 113 cm³/mol. The third kappa shape index (κ3) is 5.16. The van der Waals surface area contributed by atoms with Gasteiger partial charge in [-0.05, 0) is 43.2 Å². The average Bonchev–Trinajstić information content (AvgIpc) is 2.71. The molecule has 2 aromatic carbocycles. The molecule has 0 atom stereocenters. The first-order valence-electron chi connectivity index (χ1n) is 9.21. The van der Waals surface area contributed by atoms with Gasteiger partial charge in [0, 0.05) is 31.4 Å². The summed E-state index contributed by atoms with van der Waals surface area (Å²) in [6.07, 6.45) is 0.735. The van der Waals surface area contributed by atoms with Crippen LogP contribution in [0.25, 0.3) is 22.1 Å². The molecule has 6 nitrogen and oxygen atoms in total. The van der Waals surface area contributed by atoms with Gasteiger partial charge in [-0.1, -0.05) is 23.7 Å². The first kappa shape index (κ1) is 20.9. The molecule has 152 valence electrons. The molecule has 3 aromatic rings. The number of rotatable bonds is 8. The number of fused-ring (bicyclic) bond motifs is 1. The molecular formula is C22H22ClNO5. The van der Waals surface area contributed by atoms with Gasteiger partial charge in [-0.25, -0.2) is 0 Å². The molecule has 0 aliphatic carbocycles. The number of methoxy groups -OCH3 is 1. The van der Waals surface area contributed by atoms with Crippen LogP contribution in [0, 0.1) is 6.92 Å². The zero-order chi connectivity index (χ0) is 20.8. The summed E-state index contributed by atoms with van der Waals surface area (Å²) in [5, 5.41) is 3.79. The maximum atomic E-state index is 13.0. The second-order valence-corrected chi connectivity index (χ2v) is 6.95. The Morgan fingerprint density at radius 2 is 1.93 bits per heavy atom. The smallest absolute Gasteiger partial charge is 0.257 e. The summed E-state index contributed by atoms with van der Waals surface area (Å²) in [6, 6.07) is 12.0. The van der Waals surface area contributed by atoms with Crippen LogP contribution in [0.4, 0.5) is 0 Å². The molecule has 0 saturated heterocycles. The summed E-state index contributed by atoms with van der Waals surface area (Å²) >= 11 is 5.94. The number of hydrogen-bond donors (Lipinski definition) is 1. The summed E-state index contributed by atoms with van der Waals surface area (Å²) in [7, 11) is 1.61. The number of carbonyl (C=O) groups is 1. The highest BCUT2D eigenvalue weighted by Crippen LogP contribution is 2.27. The molecule has 0 unspecified atom stereocenters. The lowest BCUT2D eigenvalue weighted by Crippen LogP contribution is -2.30. The van der Waals surface area contributed by atoms with Gasteiger partial charge in [-0.3, -0.25) is 9.59 Å². The molecule has 0 radical (unpaired) electrons. The third-order valence-corrected chi connectivity index (χ3v) is 4.64. The number of benzene rings is 2. The van der Waals surface area contributed by atoms with E-state index in [2.05, 4.69) is 5.32 Å². The van der Waals surface area contributed by atoms with Gasteiger partial charge in [0.2, 0.25) is 5.43 Å². The minimum Gasteiger partial charge on any atom is -0.484 e. The van der Waals surface area contributed by atoms with Crippen molar-refractivity contribution in [3.05, 3.63) is 63.5 Å². The summed E-state index contributed by atoms with van der Waals surface area (Å²) in [6.45, 7) is 2.73. The van der Waals surface area contributed by atoms with E-state index in [0.29, 0.717) is 46.2 Å². The van der Waals surface area contributed by atoms with Gasteiger partial charge < -0.3 is 19.2 Å². The van der Waals surface area contributed by atoms with Crippen molar-refractivity contribution in [3.63, 3.8) is 0 Å². The normalized spacial score (nSPS) is 10.9. The number of ether oxygens (including phenoxy) is 2. The van der Waals surface area contributed by atoms with Crippen molar-refractivity contribution >= 4 is 28.5 Å². The van der Waals surface area contributed by atoms with Crippen LogP contribution in [0.3, 0.4) is 0 Å². The van der Waals surface area contributed by atoms with Gasteiger partial charge in [-0.2, -0.15) is 0 Å². The minimum absolute atomic E-state index is 0.120. The Morgan fingerprint density at radius 1 is 1.17 bits per heavy atom. The molecule has 0 aliphatic heterocycles. The molecule has 29 heavy (non-hydrogen) atoms. The van der Waals surface area contributed by atoms with Crippen LogP contribution in [-0.4, -0.2) is 32.8 Å². The molecule has 1 amide bonds. The molecular weight excluding hydrogens is 394 g/mol. The van der Waals surface area contributed by atoms with E-state index < -0.39 is 0 Å². The van der Waals surface area contributed by atoms with Crippen LogP contribution in [-0.2, 0) is 9.53 Å². The van der Waals surface area contributed by atoms with Crippen molar-refractivity contribution in [3.8, 4) is 16.9 Å². The number of halogens is 1. The Morgan fingerprint density at radius 3 is 2.66 bits per heavy atom. The highest BCUT2D eigenvalue weighted by molar-refractivity contribution is 6.30. The van der Waals surface area contributed by atoms with Crippen LogP contribution in [0.15, 0.2) is 51.7 Å². The first-order valence-corrected chi connectivity index (χ1v) is 9.59. The molecule has 0 fully saturated rings. The fraction of sp³-hybridized carbons (Fsp3) is 0.273. The van der Waals surface area contributed by atoms with Crippen LogP contribution >= 0.6 is 11.6 Å². The van der Waals surface area contributed by atoms with Crippen LogP contribution in [0.1, 0.15) is 12.2 Å². The molecule has 0 spiro atoms. The number of carbonyl (C=O) groups excluding carboxylic acids is 1. The van der Waals surface area contributed by atoms with Crippen molar-refractivity contribution in [2.24, 2.45) is 0 Å². The zero-order valence-electron chi connectivity index (χ0n) is 16.3. The molecule has 0 aliphatic rings. The fourth-order valence-electron chi connectivity index (χ4n) is 2.97. The molecule has 1 aromatic heterocycles. The number of hydrogen-bond acceptors (Lipinski definition) is 5. The molecule has 0 saturated carbocycles. The quantitative estimate of drug-likeness (QED) is 0.563. The minimum atomic E-state index is -0.225. The summed E-state index contributed by atoms with van der Waals surface area (Å²) in [4.78, 5) is 24.8. The molecule has 0 bridgehead atoms. The van der Waals surface area contributed by atoms with E-state index in [0.717, 1.165) is 12.0 Å². The Labute approximate surface area is 173 Å². The van der Waals surface area contributed by atoms with Gasteiger partial charge in [0.1, 0.15) is 17.1 Å². The topological polar surface area (TPSA) is 77.8 Å². The van der Waals surface area contributed by atoms with Gasteiger partial charge >= 0.3 is 0 Å². The lowest BCUT2D eigenvalue weighted by molar-refractivity contribution is -0.123. The van der Waals surface area contributed by atoms with Crippen molar-refractivity contribution in [1.82, 2.24) is 5.32 Å². The van der Waals surface area contributed by atoms with E-state index in [1.165, 1.54) is 0 Å². The highest BCUT2D eigenvalue weighted by atomic mass is 35.5. The predicted octanol–water partition coefficient (Wildman–Crippen LogP) is 3.95.